The highest BCUT2D eigenvalue weighted by molar-refractivity contribution is 5.82. The minimum Gasteiger partial charge on any atom is -0.480 e. The van der Waals surface area contributed by atoms with Gasteiger partial charge in [0.1, 0.15) is 6.04 Å². The van der Waals surface area contributed by atoms with E-state index in [0.29, 0.717) is 5.92 Å². The summed E-state index contributed by atoms with van der Waals surface area (Å²) in [5, 5.41) is 11.8. The van der Waals surface area contributed by atoms with Crippen molar-refractivity contribution in [2.75, 3.05) is 13.1 Å². The van der Waals surface area contributed by atoms with E-state index >= 15 is 0 Å². The number of rotatable bonds is 5. The number of aliphatic carboxylic acids is 1. The van der Waals surface area contributed by atoms with Crippen LogP contribution in [0.3, 0.4) is 0 Å². The monoisotopic (exact) mass is 270 g/mol. The van der Waals surface area contributed by atoms with Gasteiger partial charge in [0.2, 0.25) is 0 Å². The zero-order valence-electron chi connectivity index (χ0n) is 12.2. The Morgan fingerprint density at radius 1 is 1.32 bits per heavy atom. The molecular weight excluding hydrogens is 244 g/mol. The lowest BCUT2D eigenvalue weighted by Crippen LogP contribution is -2.52. The van der Waals surface area contributed by atoms with Crippen LogP contribution >= 0.6 is 0 Å². The smallest absolute Gasteiger partial charge is 0.326 e. The molecule has 1 aliphatic rings. The number of nitrogens with zero attached hydrogens (tertiary/aromatic N) is 1. The van der Waals surface area contributed by atoms with E-state index in [1.165, 1.54) is 0 Å². The molecular formula is C14H26N2O3. The van der Waals surface area contributed by atoms with Gasteiger partial charge in [-0.3, -0.25) is 0 Å². The molecule has 1 heterocycles. The fourth-order valence-electron chi connectivity index (χ4n) is 2.45. The third-order valence-corrected chi connectivity index (χ3v) is 4.24. The Morgan fingerprint density at radius 2 is 1.89 bits per heavy atom. The number of nitrogens with one attached hydrogen (secondary N) is 1. The number of piperidine rings is 1. The average molecular weight is 270 g/mol. The number of amides is 2. The van der Waals surface area contributed by atoms with E-state index in [4.69, 9.17) is 5.11 Å². The summed E-state index contributed by atoms with van der Waals surface area (Å²) in [7, 11) is 0. The Kier molecular flexibility index (Phi) is 6.12. The van der Waals surface area contributed by atoms with E-state index < -0.39 is 12.0 Å². The van der Waals surface area contributed by atoms with Crippen molar-refractivity contribution in [1.82, 2.24) is 10.2 Å². The van der Waals surface area contributed by atoms with Gasteiger partial charge in [-0.05, 0) is 24.7 Å². The minimum atomic E-state index is -0.953. The molecule has 0 aromatic rings. The van der Waals surface area contributed by atoms with Crippen LogP contribution in [0.2, 0.25) is 0 Å². The molecule has 0 spiro atoms. The largest absolute Gasteiger partial charge is 0.480 e. The number of hydrogen-bond acceptors (Lipinski definition) is 2. The fraction of sp³-hybridized carbons (Fsp3) is 0.857. The highest BCUT2D eigenvalue weighted by Crippen LogP contribution is 2.20. The summed E-state index contributed by atoms with van der Waals surface area (Å²) in [6.07, 6.45) is 3.92. The number of urea groups is 1. The zero-order chi connectivity index (χ0) is 14.4. The summed E-state index contributed by atoms with van der Waals surface area (Å²) < 4.78 is 0. The number of hydrogen-bond donors (Lipinski definition) is 2. The number of carbonyl (C=O) groups is 2. The van der Waals surface area contributed by atoms with Crippen LogP contribution in [-0.4, -0.2) is 41.1 Å². The summed E-state index contributed by atoms with van der Waals surface area (Å²) in [6.45, 7) is 7.42. The molecule has 2 amide bonds. The van der Waals surface area contributed by atoms with E-state index in [0.717, 1.165) is 38.8 Å². The van der Waals surface area contributed by atoms with Gasteiger partial charge in [0.25, 0.3) is 0 Å². The topological polar surface area (TPSA) is 69.6 Å². The van der Waals surface area contributed by atoms with Crippen LogP contribution in [0.1, 0.15) is 46.5 Å². The molecule has 0 radical (unpaired) electrons. The standard InChI is InChI=1S/C14H26N2O3/c1-4-10(3)12(13(17)18)15-14(19)16-8-6-11(5-2)7-9-16/h10-12H,4-9H2,1-3H3,(H,15,19)(H,17,18)/t10-,12-/m0/s1. The van der Waals surface area contributed by atoms with Gasteiger partial charge in [-0.2, -0.15) is 0 Å². The van der Waals surface area contributed by atoms with Crippen molar-refractivity contribution in [3.05, 3.63) is 0 Å². The Bertz CT molecular complexity index is 312. The molecule has 0 aromatic carbocycles. The van der Waals surface area contributed by atoms with Crippen LogP contribution < -0.4 is 5.32 Å². The Balaban J connectivity index is 2.51. The van der Waals surface area contributed by atoms with Crippen LogP contribution in [0.4, 0.5) is 4.79 Å². The van der Waals surface area contributed by atoms with Gasteiger partial charge in [-0.1, -0.05) is 33.6 Å². The SMILES string of the molecule is CCC1CCN(C(=O)N[C@H](C(=O)O)[C@@H](C)CC)CC1. The molecule has 0 bridgehead atoms. The van der Waals surface area contributed by atoms with Crippen molar-refractivity contribution < 1.29 is 14.7 Å². The van der Waals surface area contributed by atoms with Gasteiger partial charge >= 0.3 is 12.0 Å². The molecule has 2 atom stereocenters. The van der Waals surface area contributed by atoms with Gasteiger partial charge in [-0.25, -0.2) is 9.59 Å². The molecule has 5 heteroatoms. The van der Waals surface area contributed by atoms with Gasteiger partial charge in [0.05, 0.1) is 0 Å². The number of carboxylic acids is 1. The maximum absolute atomic E-state index is 12.1. The summed E-state index contributed by atoms with van der Waals surface area (Å²) in [6, 6.07) is -1.02. The van der Waals surface area contributed by atoms with Crippen molar-refractivity contribution in [2.45, 2.75) is 52.5 Å². The van der Waals surface area contributed by atoms with Crippen molar-refractivity contribution in [1.29, 1.82) is 0 Å². The predicted octanol–water partition coefficient (Wildman–Crippen LogP) is 2.32. The Labute approximate surface area is 115 Å². The van der Waals surface area contributed by atoms with Crippen LogP contribution in [0.15, 0.2) is 0 Å². The average Bonchev–Trinajstić information content (AvgIpc) is 2.43. The van der Waals surface area contributed by atoms with E-state index in [9.17, 15) is 9.59 Å². The van der Waals surface area contributed by atoms with Crippen LogP contribution in [0.5, 0.6) is 0 Å². The van der Waals surface area contributed by atoms with Crippen LogP contribution in [0, 0.1) is 11.8 Å². The first-order chi connectivity index (χ1) is 8.99. The molecule has 2 N–H and O–H groups in total. The van der Waals surface area contributed by atoms with Crippen LogP contribution in [0.25, 0.3) is 0 Å². The highest BCUT2D eigenvalue weighted by Gasteiger charge is 2.28. The third-order valence-electron chi connectivity index (χ3n) is 4.24. The van der Waals surface area contributed by atoms with Gasteiger partial charge in [0, 0.05) is 13.1 Å². The lowest BCUT2D eigenvalue weighted by Gasteiger charge is -2.33. The zero-order valence-corrected chi connectivity index (χ0v) is 12.2. The second kappa shape index (κ2) is 7.36. The van der Waals surface area contributed by atoms with E-state index in [2.05, 4.69) is 12.2 Å². The number of carboxylic acid groups (broad SMARTS) is 1. The fourth-order valence-corrected chi connectivity index (χ4v) is 2.45. The molecule has 1 fully saturated rings. The maximum atomic E-state index is 12.1. The molecule has 19 heavy (non-hydrogen) atoms. The first kappa shape index (κ1) is 15.8. The summed E-state index contributed by atoms with van der Waals surface area (Å²) in [5.74, 6) is -0.310. The Hall–Kier alpha value is -1.26. The minimum absolute atomic E-state index is 0.0605. The molecule has 5 nitrogen and oxygen atoms in total. The summed E-state index contributed by atoms with van der Waals surface area (Å²) in [4.78, 5) is 25.0. The van der Waals surface area contributed by atoms with E-state index in [1.807, 2.05) is 13.8 Å². The summed E-state index contributed by atoms with van der Waals surface area (Å²) >= 11 is 0. The predicted molar refractivity (Wildman–Crippen MR) is 74.0 cm³/mol. The van der Waals surface area contributed by atoms with Crippen molar-refractivity contribution in [2.24, 2.45) is 11.8 Å². The molecule has 1 saturated heterocycles. The third kappa shape index (κ3) is 4.40. The highest BCUT2D eigenvalue weighted by atomic mass is 16.4. The Morgan fingerprint density at radius 3 is 2.32 bits per heavy atom. The first-order valence-electron chi connectivity index (χ1n) is 7.27. The van der Waals surface area contributed by atoms with Crippen LogP contribution in [-0.2, 0) is 4.79 Å². The molecule has 0 unspecified atom stereocenters. The normalized spacial score (nSPS) is 19.8. The molecule has 0 saturated carbocycles. The van der Waals surface area contributed by atoms with Gasteiger partial charge in [0.15, 0.2) is 0 Å². The van der Waals surface area contributed by atoms with Crippen molar-refractivity contribution in [3.8, 4) is 0 Å². The van der Waals surface area contributed by atoms with Crippen molar-refractivity contribution >= 4 is 12.0 Å². The van der Waals surface area contributed by atoms with Crippen molar-refractivity contribution in [3.63, 3.8) is 0 Å². The molecule has 0 aliphatic carbocycles. The molecule has 110 valence electrons. The van der Waals surface area contributed by atoms with E-state index in [1.54, 1.807) is 4.90 Å². The lowest BCUT2D eigenvalue weighted by atomic mass is 9.94. The summed E-state index contributed by atoms with van der Waals surface area (Å²) in [5.41, 5.74) is 0. The quantitative estimate of drug-likeness (QED) is 0.805. The van der Waals surface area contributed by atoms with Gasteiger partial charge < -0.3 is 15.3 Å². The second-order valence-electron chi connectivity index (χ2n) is 5.49. The maximum Gasteiger partial charge on any atom is 0.326 e. The second-order valence-corrected chi connectivity index (χ2v) is 5.49. The molecule has 0 aromatic heterocycles. The number of carbonyl (C=O) groups excluding carboxylic acids is 1. The molecule has 1 aliphatic heterocycles. The molecule has 1 rings (SSSR count). The number of likely N-dealkylation sites (tertiary alicyclic amines) is 1. The lowest BCUT2D eigenvalue weighted by molar-refractivity contribution is -0.140. The van der Waals surface area contributed by atoms with E-state index in [-0.39, 0.29) is 11.9 Å². The first-order valence-corrected chi connectivity index (χ1v) is 7.27. The van der Waals surface area contributed by atoms with Gasteiger partial charge in [-0.15, -0.1) is 0 Å².